The number of ketones is 1. The molecule has 158 valence electrons. The van der Waals surface area contributed by atoms with E-state index in [1.807, 2.05) is 0 Å². The number of nitrogens with one attached hydrogen (secondary N) is 1. The summed E-state index contributed by atoms with van der Waals surface area (Å²) in [6.07, 6.45) is -4.36. The summed E-state index contributed by atoms with van der Waals surface area (Å²) in [4.78, 5) is 24.5. The third kappa shape index (κ3) is 8.08. The van der Waals surface area contributed by atoms with Crippen LogP contribution in [0.3, 0.4) is 0 Å². The van der Waals surface area contributed by atoms with Crippen LogP contribution in [-0.4, -0.2) is 49.1 Å². The Morgan fingerprint density at radius 2 is 1.74 bits per heavy atom. The van der Waals surface area contributed by atoms with E-state index in [0.717, 1.165) is 12.8 Å². The highest BCUT2D eigenvalue weighted by Crippen LogP contribution is 2.34. The van der Waals surface area contributed by atoms with Crippen LogP contribution in [0.15, 0.2) is 0 Å². The molecule has 0 aromatic heterocycles. The van der Waals surface area contributed by atoms with Crippen molar-refractivity contribution in [2.45, 2.75) is 76.1 Å². The second-order valence-electron chi connectivity index (χ2n) is 6.98. The van der Waals surface area contributed by atoms with Gasteiger partial charge in [-0.1, -0.05) is 12.8 Å². The predicted octanol–water partition coefficient (Wildman–Crippen LogP) is 2.96. The molecule has 1 fully saturated rings. The third-order valence-electron chi connectivity index (χ3n) is 4.53. The van der Waals surface area contributed by atoms with E-state index in [1.165, 1.54) is 0 Å². The Balaban J connectivity index is 2.72. The Morgan fingerprint density at radius 3 is 2.22 bits per heavy atom. The molecule has 1 aliphatic carbocycles. The summed E-state index contributed by atoms with van der Waals surface area (Å²) in [6, 6.07) is -1.08. The van der Waals surface area contributed by atoms with Crippen molar-refractivity contribution in [1.29, 1.82) is 0 Å². The Morgan fingerprint density at radius 1 is 1.15 bits per heavy atom. The van der Waals surface area contributed by atoms with Gasteiger partial charge >= 0.3 is 6.18 Å². The van der Waals surface area contributed by atoms with Crippen molar-refractivity contribution >= 4 is 11.7 Å². The molecule has 1 rings (SSSR count). The van der Waals surface area contributed by atoms with E-state index in [9.17, 15) is 31.5 Å². The van der Waals surface area contributed by atoms with Crippen LogP contribution in [-0.2, 0) is 14.3 Å². The molecule has 0 saturated heterocycles. The maximum absolute atomic E-state index is 13.2. The molecule has 10 heteroatoms. The largest absolute Gasteiger partial charge is 0.420 e. The van der Waals surface area contributed by atoms with Crippen LogP contribution in [0.25, 0.3) is 0 Å². The van der Waals surface area contributed by atoms with E-state index >= 15 is 0 Å². The van der Waals surface area contributed by atoms with Crippen LogP contribution < -0.4 is 11.1 Å². The number of carbonyl (C=O) groups is 2. The number of amides is 1. The van der Waals surface area contributed by atoms with Crippen LogP contribution in [0.1, 0.15) is 51.9 Å². The molecule has 1 saturated carbocycles. The van der Waals surface area contributed by atoms with Crippen LogP contribution in [0.5, 0.6) is 0 Å². The first kappa shape index (κ1) is 23.7. The average molecular weight is 402 g/mol. The molecule has 5 nitrogen and oxygen atoms in total. The smallest absolute Gasteiger partial charge is 0.355 e. The van der Waals surface area contributed by atoms with Gasteiger partial charge in [0.15, 0.2) is 5.78 Å². The van der Waals surface area contributed by atoms with Gasteiger partial charge in [-0.3, -0.25) is 9.59 Å². The summed E-state index contributed by atoms with van der Waals surface area (Å²) in [5, 5.41) is 2.54. The lowest BCUT2D eigenvalue weighted by Crippen LogP contribution is -2.49. The first-order valence-corrected chi connectivity index (χ1v) is 9.06. The summed E-state index contributed by atoms with van der Waals surface area (Å²) in [6.45, 7) is -0.728. The van der Waals surface area contributed by atoms with Gasteiger partial charge in [0.05, 0.1) is 6.04 Å². The predicted molar refractivity (Wildman–Crippen MR) is 88.2 cm³/mol. The lowest BCUT2D eigenvalue weighted by atomic mass is 10.0. The van der Waals surface area contributed by atoms with Crippen LogP contribution in [0.2, 0.25) is 0 Å². The van der Waals surface area contributed by atoms with Crippen molar-refractivity contribution in [3.8, 4) is 0 Å². The van der Waals surface area contributed by atoms with Crippen molar-refractivity contribution in [2.24, 2.45) is 11.7 Å². The van der Waals surface area contributed by atoms with Crippen molar-refractivity contribution in [2.75, 3.05) is 13.2 Å². The van der Waals surface area contributed by atoms with E-state index in [2.05, 4.69) is 10.1 Å². The van der Waals surface area contributed by atoms with E-state index < -0.39 is 36.6 Å². The number of unbranched alkanes of at least 4 members (excludes halogenated alkanes) is 1. The number of ether oxygens (including phenoxy) is 1. The Bertz CT molecular complexity index is 474. The minimum absolute atomic E-state index is 0.0796. The zero-order chi connectivity index (χ0) is 20.7. The number of hydrogen-bond donors (Lipinski definition) is 2. The Hall–Kier alpha value is -1.29. The maximum atomic E-state index is 13.2. The molecule has 2 unspecified atom stereocenters. The monoisotopic (exact) mass is 402 g/mol. The molecule has 1 amide bonds. The lowest BCUT2D eigenvalue weighted by molar-refractivity contribution is -0.278. The molecule has 27 heavy (non-hydrogen) atoms. The van der Waals surface area contributed by atoms with Gasteiger partial charge in [-0.05, 0) is 38.6 Å². The third-order valence-corrected chi connectivity index (χ3v) is 4.53. The van der Waals surface area contributed by atoms with Crippen LogP contribution >= 0.6 is 0 Å². The highest BCUT2D eigenvalue weighted by Gasteiger charge is 2.54. The van der Waals surface area contributed by atoms with Crippen LogP contribution in [0, 0.1) is 5.92 Å². The van der Waals surface area contributed by atoms with E-state index in [0.29, 0.717) is 32.2 Å². The number of halogens is 5. The number of carbonyl (C=O) groups excluding carboxylic acids is 2. The van der Waals surface area contributed by atoms with Gasteiger partial charge in [-0.25, -0.2) is 8.78 Å². The van der Waals surface area contributed by atoms with Gasteiger partial charge in [-0.15, -0.1) is 0 Å². The van der Waals surface area contributed by atoms with Crippen molar-refractivity contribution in [3.63, 3.8) is 0 Å². The maximum Gasteiger partial charge on any atom is 0.420 e. The summed E-state index contributed by atoms with van der Waals surface area (Å²) >= 11 is 0. The summed E-state index contributed by atoms with van der Waals surface area (Å²) < 4.78 is 68.7. The zero-order valence-electron chi connectivity index (χ0n) is 15.3. The molecule has 1 aliphatic rings. The fraction of sp³-hybridized carbons (Fsp3) is 0.882. The minimum atomic E-state index is -5.32. The summed E-state index contributed by atoms with van der Waals surface area (Å²) in [7, 11) is 0. The molecule has 2 atom stereocenters. The second kappa shape index (κ2) is 10.3. The lowest BCUT2D eigenvalue weighted by Gasteiger charge is -2.27. The molecule has 0 bridgehead atoms. The fourth-order valence-electron chi connectivity index (χ4n) is 3.08. The number of alkyl halides is 5. The standard InChI is InChI=1S/C17H27F5N2O3/c1-16(18,19)15(17(20,21)22)27-10-13(25)12(8-4-5-9-23)24-14(26)11-6-2-3-7-11/h11-12,15H,2-10,23H2,1H3,(H,24,26). The van der Waals surface area contributed by atoms with Crippen LogP contribution in [0.4, 0.5) is 22.0 Å². The van der Waals surface area contributed by atoms with Gasteiger partial charge in [0.2, 0.25) is 12.0 Å². The average Bonchev–Trinajstić information content (AvgIpc) is 3.05. The van der Waals surface area contributed by atoms with Crippen molar-refractivity contribution in [3.05, 3.63) is 0 Å². The number of nitrogens with two attached hydrogens (primary N) is 1. The molecule has 0 aliphatic heterocycles. The Kier molecular flexibility index (Phi) is 9.07. The normalized spacial score (nSPS) is 18.3. The van der Waals surface area contributed by atoms with Crippen molar-refractivity contribution < 1.29 is 36.3 Å². The number of rotatable bonds is 11. The summed E-state index contributed by atoms with van der Waals surface area (Å²) in [5.41, 5.74) is 5.38. The molecule has 0 spiro atoms. The SMILES string of the molecule is CC(F)(F)C(OCC(=O)C(CCCCN)NC(=O)C1CCCC1)C(F)(F)F. The molecule has 0 radical (unpaired) electrons. The quantitative estimate of drug-likeness (QED) is 0.411. The Labute approximate surface area is 155 Å². The minimum Gasteiger partial charge on any atom is -0.355 e. The van der Waals surface area contributed by atoms with Gasteiger partial charge in [-0.2, -0.15) is 13.2 Å². The van der Waals surface area contributed by atoms with Gasteiger partial charge in [0.25, 0.3) is 5.92 Å². The second-order valence-corrected chi connectivity index (χ2v) is 6.98. The highest BCUT2D eigenvalue weighted by atomic mass is 19.4. The molecular weight excluding hydrogens is 375 g/mol. The molecule has 0 aromatic rings. The molecular formula is C17H27F5N2O3. The van der Waals surface area contributed by atoms with Gasteiger partial charge in [0, 0.05) is 12.8 Å². The topological polar surface area (TPSA) is 81.4 Å². The van der Waals surface area contributed by atoms with Crippen molar-refractivity contribution in [1.82, 2.24) is 5.32 Å². The van der Waals surface area contributed by atoms with Gasteiger partial charge in [0.1, 0.15) is 6.61 Å². The van der Waals surface area contributed by atoms with E-state index in [-0.39, 0.29) is 25.2 Å². The first-order chi connectivity index (χ1) is 12.5. The molecule has 3 N–H and O–H groups in total. The van der Waals surface area contributed by atoms with Gasteiger partial charge < -0.3 is 15.8 Å². The highest BCUT2D eigenvalue weighted by molar-refractivity contribution is 5.90. The summed E-state index contributed by atoms with van der Waals surface area (Å²) in [5.74, 6) is -5.64. The first-order valence-electron chi connectivity index (χ1n) is 9.06. The zero-order valence-corrected chi connectivity index (χ0v) is 15.3. The number of hydrogen-bond acceptors (Lipinski definition) is 4. The fourth-order valence-corrected chi connectivity index (χ4v) is 3.08. The van der Waals surface area contributed by atoms with E-state index in [4.69, 9.17) is 5.73 Å². The number of Topliss-reactive ketones (excluding diaryl/α,β-unsaturated/α-hetero) is 1. The molecule has 0 aromatic carbocycles. The molecule has 0 heterocycles. The van der Waals surface area contributed by atoms with E-state index in [1.54, 1.807) is 0 Å².